The summed E-state index contributed by atoms with van der Waals surface area (Å²) in [4.78, 5) is 37.3. The van der Waals surface area contributed by atoms with Crippen LogP contribution in [-0.2, 0) is 14.3 Å². The van der Waals surface area contributed by atoms with Gasteiger partial charge in [-0.05, 0) is 41.5 Å². The summed E-state index contributed by atoms with van der Waals surface area (Å²) >= 11 is 0. The Hall–Kier alpha value is -3.35. The highest BCUT2D eigenvalue weighted by Crippen LogP contribution is 2.44. The van der Waals surface area contributed by atoms with E-state index in [0.29, 0.717) is 19.3 Å². The third kappa shape index (κ3) is 4.58. The molecule has 2 amide bonds. The first kappa shape index (κ1) is 22.8. The molecule has 4 rings (SSSR count). The standard InChI is InChI=1S/C26H30N2O5/c1-2-22(23(29)28-26(24(30)31)14-8-3-9-15-26)27-25(32)33-16-21-19-12-6-4-10-17(19)18-11-5-7-13-20(18)21/h4-7,10-13,21-22H,2-3,8-9,14-16H2,1H3,(H,27,32)(H,28,29)(H,30,31). The summed E-state index contributed by atoms with van der Waals surface area (Å²) in [6.07, 6.45) is 2.90. The zero-order valence-corrected chi connectivity index (χ0v) is 18.8. The highest BCUT2D eigenvalue weighted by Gasteiger charge is 2.42. The van der Waals surface area contributed by atoms with Crippen molar-refractivity contribution < 1.29 is 24.2 Å². The van der Waals surface area contributed by atoms with Gasteiger partial charge < -0.3 is 20.5 Å². The van der Waals surface area contributed by atoms with E-state index in [0.717, 1.165) is 41.5 Å². The predicted molar refractivity (Wildman–Crippen MR) is 124 cm³/mol. The molecule has 174 valence electrons. The molecule has 0 radical (unpaired) electrons. The van der Waals surface area contributed by atoms with E-state index in [4.69, 9.17) is 4.74 Å². The van der Waals surface area contributed by atoms with Gasteiger partial charge in [-0.1, -0.05) is 74.7 Å². The van der Waals surface area contributed by atoms with Gasteiger partial charge in [0.1, 0.15) is 18.2 Å². The maximum Gasteiger partial charge on any atom is 0.407 e. The first-order valence-electron chi connectivity index (χ1n) is 11.6. The molecule has 0 aromatic heterocycles. The molecule has 0 bridgehead atoms. The Morgan fingerprint density at radius 2 is 1.58 bits per heavy atom. The van der Waals surface area contributed by atoms with Gasteiger partial charge in [0.15, 0.2) is 0 Å². The minimum absolute atomic E-state index is 0.0745. The van der Waals surface area contributed by atoms with Gasteiger partial charge in [0.05, 0.1) is 0 Å². The fraction of sp³-hybridized carbons (Fsp3) is 0.423. The molecule has 7 nitrogen and oxygen atoms in total. The zero-order valence-electron chi connectivity index (χ0n) is 18.8. The number of hydrogen-bond donors (Lipinski definition) is 3. The van der Waals surface area contributed by atoms with Crippen LogP contribution in [0.1, 0.15) is 62.5 Å². The van der Waals surface area contributed by atoms with E-state index >= 15 is 0 Å². The predicted octanol–water partition coefficient (Wildman–Crippen LogP) is 4.21. The molecule has 2 aliphatic rings. The minimum atomic E-state index is -1.26. The molecular formula is C26H30N2O5. The number of amides is 2. The lowest BCUT2D eigenvalue weighted by Crippen LogP contribution is -2.60. The maximum atomic E-state index is 12.8. The third-order valence-electron chi connectivity index (χ3n) is 6.84. The van der Waals surface area contributed by atoms with Crippen LogP contribution in [0.25, 0.3) is 11.1 Å². The van der Waals surface area contributed by atoms with E-state index < -0.39 is 29.6 Å². The van der Waals surface area contributed by atoms with Crippen molar-refractivity contribution >= 4 is 18.0 Å². The number of fused-ring (bicyclic) bond motifs is 3. The third-order valence-corrected chi connectivity index (χ3v) is 6.84. The van der Waals surface area contributed by atoms with Crippen LogP contribution in [0.3, 0.4) is 0 Å². The van der Waals surface area contributed by atoms with Crippen LogP contribution in [0.5, 0.6) is 0 Å². The smallest absolute Gasteiger partial charge is 0.407 e. The van der Waals surface area contributed by atoms with E-state index in [1.807, 2.05) is 36.4 Å². The van der Waals surface area contributed by atoms with Crippen LogP contribution in [0, 0.1) is 0 Å². The number of carboxylic acid groups (broad SMARTS) is 1. The molecule has 1 unspecified atom stereocenters. The fourth-order valence-corrected chi connectivity index (χ4v) is 5.01. The largest absolute Gasteiger partial charge is 0.480 e. The van der Waals surface area contributed by atoms with Crippen molar-refractivity contribution in [2.45, 2.75) is 62.9 Å². The average molecular weight is 451 g/mol. The lowest BCUT2D eigenvalue weighted by atomic mass is 9.81. The monoisotopic (exact) mass is 450 g/mol. The quantitative estimate of drug-likeness (QED) is 0.586. The summed E-state index contributed by atoms with van der Waals surface area (Å²) < 4.78 is 5.54. The van der Waals surface area contributed by atoms with Crippen molar-refractivity contribution in [2.24, 2.45) is 0 Å². The SMILES string of the molecule is CCC(NC(=O)OCC1c2ccccc2-c2ccccc21)C(=O)NC1(C(=O)O)CCCCC1. The molecule has 2 aromatic carbocycles. The normalized spacial score (nSPS) is 17.4. The lowest BCUT2D eigenvalue weighted by Gasteiger charge is -2.35. The Morgan fingerprint density at radius 1 is 1.00 bits per heavy atom. The summed E-state index contributed by atoms with van der Waals surface area (Å²) in [7, 11) is 0. The lowest BCUT2D eigenvalue weighted by molar-refractivity contribution is -0.149. The van der Waals surface area contributed by atoms with Crippen LogP contribution >= 0.6 is 0 Å². The summed E-state index contributed by atoms with van der Waals surface area (Å²) in [6.45, 7) is 1.92. The second-order valence-corrected chi connectivity index (χ2v) is 8.87. The average Bonchev–Trinajstić information content (AvgIpc) is 3.15. The van der Waals surface area contributed by atoms with Gasteiger partial charge >= 0.3 is 12.1 Å². The van der Waals surface area contributed by atoms with Crippen LogP contribution in [-0.4, -0.2) is 41.3 Å². The molecule has 2 aliphatic carbocycles. The number of benzene rings is 2. The Kier molecular flexibility index (Phi) is 6.67. The second-order valence-electron chi connectivity index (χ2n) is 8.87. The van der Waals surface area contributed by atoms with Crippen molar-refractivity contribution in [1.82, 2.24) is 10.6 Å². The fourth-order valence-electron chi connectivity index (χ4n) is 5.01. The number of rotatable bonds is 7. The second kappa shape index (κ2) is 9.65. The summed E-state index contributed by atoms with van der Waals surface area (Å²) in [5.74, 6) is -1.59. The first-order chi connectivity index (χ1) is 15.9. The number of alkyl carbamates (subject to hydrolysis) is 1. The summed E-state index contributed by atoms with van der Waals surface area (Å²) in [6, 6.07) is 15.3. The molecule has 0 heterocycles. The van der Waals surface area contributed by atoms with Gasteiger partial charge in [0.2, 0.25) is 5.91 Å². The van der Waals surface area contributed by atoms with Gasteiger partial charge in [-0.15, -0.1) is 0 Å². The number of ether oxygens (including phenoxy) is 1. The number of carboxylic acids is 1. The van der Waals surface area contributed by atoms with Gasteiger partial charge in [-0.3, -0.25) is 4.79 Å². The molecule has 1 saturated carbocycles. The number of nitrogens with one attached hydrogen (secondary N) is 2. The van der Waals surface area contributed by atoms with Crippen molar-refractivity contribution in [3.8, 4) is 11.1 Å². The van der Waals surface area contributed by atoms with Gasteiger partial charge in [-0.25, -0.2) is 9.59 Å². The maximum absolute atomic E-state index is 12.8. The zero-order chi connectivity index (χ0) is 23.4. The molecule has 7 heteroatoms. The Labute approximate surface area is 193 Å². The molecule has 33 heavy (non-hydrogen) atoms. The van der Waals surface area contributed by atoms with Crippen LogP contribution in [0.4, 0.5) is 4.79 Å². The number of carbonyl (C=O) groups excluding carboxylic acids is 2. The van der Waals surface area contributed by atoms with Gasteiger partial charge in [0, 0.05) is 5.92 Å². The molecule has 0 aliphatic heterocycles. The number of carbonyl (C=O) groups is 3. The molecule has 1 fully saturated rings. The topological polar surface area (TPSA) is 105 Å². The van der Waals surface area contributed by atoms with Crippen LogP contribution in [0.2, 0.25) is 0 Å². The van der Waals surface area contributed by atoms with Crippen molar-refractivity contribution in [1.29, 1.82) is 0 Å². The molecular weight excluding hydrogens is 420 g/mol. The Bertz CT molecular complexity index is 999. The van der Waals surface area contributed by atoms with E-state index in [2.05, 4.69) is 22.8 Å². The summed E-state index contributed by atoms with van der Waals surface area (Å²) in [5, 5.41) is 15.0. The first-order valence-corrected chi connectivity index (χ1v) is 11.6. The highest BCUT2D eigenvalue weighted by atomic mass is 16.5. The van der Waals surface area contributed by atoms with E-state index in [-0.39, 0.29) is 12.5 Å². The van der Waals surface area contributed by atoms with Crippen LogP contribution in [0.15, 0.2) is 48.5 Å². The number of hydrogen-bond acceptors (Lipinski definition) is 4. The van der Waals surface area contributed by atoms with Crippen molar-refractivity contribution in [3.05, 3.63) is 59.7 Å². The molecule has 0 spiro atoms. The van der Waals surface area contributed by atoms with Crippen LogP contribution < -0.4 is 10.6 Å². The molecule has 1 atom stereocenters. The van der Waals surface area contributed by atoms with E-state index in [9.17, 15) is 19.5 Å². The number of aliphatic carboxylic acids is 1. The van der Waals surface area contributed by atoms with E-state index in [1.54, 1.807) is 6.92 Å². The van der Waals surface area contributed by atoms with E-state index in [1.165, 1.54) is 0 Å². The Balaban J connectivity index is 1.39. The van der Waals surface area contributed by atoms with Crippen molar-refractivity contribution in [2.75, 3.05) is 6.61 Å². The minimum Gasteiger partial charge on any atom is -0.480 e. The molecule has 3 N–H and O–H groups in total. The molecule has 2 aromatic rings. The van der Waals surface area contributed by atoms with Crippen molar-refractivity contribution in [3.63, 3.8) is 0 Å². The Morgan fingerprint density at radius 3 is 2.12 bits per heavy atom. The highest BCUT2D eigenvalue weighted by molar-refractivity contribution is 5.91. The summed E-state index contributed by atoms with van der Waals surface area (Å²) in [5.41, 5.74) is 3.23. The molecule has 0 saturated heterocycles. The van der Waals surface area contributed by atoms with Gasteiger partial charge in [-0.2, -0.15) is 0 Å². The van der Waals surface area contributed by atoms with Gasteiger partial charge in [0.25, 0.3) is 0 Å².